The molecule has 0 unspecified atom stereocenters. The predicted octanol–water partition coefficient (Wildman–Crippen LogP) is 2.19. The van der Waals surface area contributed by atoms with Crippen LogP contribution in [-0.2, 0) is 0 Å². The Bertz CT molecular complexity index is 528. The second-order valence-corrected chi connectivity index (χ2v) is 3.02. The van der Waals surface area contributed by atoms with E-state index in [1.54, 1.807) is 0 Å². The average Bonchev–Trinajstić information content (AvgIpc) is 2.30. The van der Waals surface area contributed by atoms with Gasteiger partial charge < -0.3 is 0 Å². The molecule has 2 rings (SSSR count). The van der Waals surface area contributed by atoms with Crippen molar-refractivity contribution in [1.29, 1.82) is 0 Å². The van der Waals surface area contributed by atoms with Gasteiger partial charge in [-0.3, -0.25) is 15.1 Å². The molecule has 0 aliphatic heterocycles. The lowest BCUT2D eigenvalue weighted by atomic mass is 10.1. The van der Waals surface area contributed by atoms with Crippen molar-refractivity contribution in [2.75, 3.05) is 0 Å². The molecule has 0 spiro atoms. The SMILES string of the molecule is O=[N+]([O-])c1cnccc1-c1ccc(F)nc1. The first-order valence-corrected chi connectivity index (χ1v) is 4.39. The van der Waals surface area contributed by atoms with Crippen LogP contribution in [0.15, 0.2) is 36.8 Å². The Morgan fingerprint density at radius 1 is 1.25 bits per heavy atom. The van der Waals surface area contributed by atoms with Gasteiger partial charge in [-0.25, -0.2) is 4.98 Å². The number of hydrogen-bond acceptors (Lipinski definition) is 4. The van der Waals surface area contributed by atoms with Gasteiger partial charge in [0.2, 0.25) is 5.95 Å². The highest BCUT2D eigenvalue weighted by atomic mass is 19.1. The summed E-state index contributed by atoms with van der Waals surface area (Å²) in [5.41, 5.74) is 0.721. The van der Waals surface area contributed by atoms with Crippen molar-refractivity contribution in [3.63, 3.8) is 0 Å². The molecule has 0 radical (unpaired) electrons. The summed E-state index contributed by atoms with van der Waals surface area (Å²) in [6, 6.07) is 4.08. The molecule has 5 nitrogen and oxygen atoms in total. The highest BCUT2D eigenvalue weighted by Gasteiger charge is 2.14. The lowest BCUT2D eigenvalue weighted by Gasteiger charge is -2.01. The number of nitro groups is 1. The van der Waals surface area contributed by atoms with Crippen LogP contribution in [0.1, 0.15) is 0 Å². The molecule has 2 heterocycles. The van der Waals surface area contributed by atoms with Crippen molar-refractivity contribution in [1.82, 2.24) is 9.97 Å². The van der Waals surface area contributed by atoms with Crippen LogP contribution in [-0.4, -0.2) is 14.9 Å². The molecule has 0 atom stereocenters. The van der Waals surface area contributed by atoms with Crippen LogP contribution >= 0.6 is 0 Å². The van der Waals surface area contributed by atoms with Crippen LogP contribution in [0, 0.1) is 16.1 Å². The molecule has 0 amide bonds. The van der Waals surface area contributed by atoms with Gasteiger partial charge >= 0.3 is 0 Å². The Labute approximate surface area is 89.7 Å². The lowest BCUT2D eigenvalue weighted by molar-refractivity contribution is -0.384. The topological polar surface area (TPSA) is 68.9 Å². The maximum Gasteiger partial charge on any atom is 0.295 e. The van der Waals surface area contributed by atoms with Gasteiger partial charge in [0.25, 0.3) is 5.69 Å². The number of pyridine rings is 2. The molecule has 2 aromatic heterocycles. The molecule has 16 heavy (non-hydrogen) atoms. The zero-order chi connectivity index (χ0) is 11.5. The van der Waals surface area contributed by atoms with E-state index >= 15 is 0 Å². The Morgan fingerprint density at radius 3 is 2.69 bits per heavy atom. The normalized spacial score (nSPS) is 10.1. The van der Waals surface area contributed by atoms with Gasteiger partial charge in [0, 0.05) is 18.0 Å². The summed E-state index contributed by atoms with van der Waals surface area (Å²) in [7, 11) is 0. The summed E-state index contributed by atoms with van der Waals surface area (Å²) >= 11 is 0. The number of aromatic nitrogens is 2. The molecule has 0 bridgehead atoms. The number of nitrogens with zero attached hydrogens (tertiary/aromatic N) is 3. The maximum atomic E-state index is 12.6. The van der Waals surface area contributed by atoms with Crippen molar-refractivity contribution in [3.8, 4) is 11.1 Å². The Balaban J connectivity index is 2.55. The van der Waals surface area contributed by atoms with E-state index in [-0.39, 0.29) is 5.69 Å². The van der Waals surface area contributed by atoms with E-state index in [9.17, 15) is 14.5 Å². The highest BCUT2D eigenvalue weighted by molar-refractivity contribution is 5.71. The zero-order valence-corrected chi connectivity index (χ0v) is 8.00. The Hall–Kier alpha value is -2.37. The van der Waals surface area contributed by atoms with Gasteiger partial charge in [-0.1, -0.05) is 0 Å². The van der Waals surface area contributed by atoms with Crippen LogP contribution in [0.25, 0.3) is 11.1 Å². The summed E-state index contributed by atoms with van der Waals surface area (Å²) in [6.07, 6.45) is 3.84. The second kappa shape index (κ2) is 4.01. The first-order chi connectivity index (χ1) is 7.68. The van der Waals surface area contributed by atoms with Crippen LogP contribution in [0.3, 0.4) is 0 Å². The molecular formula is C10H6FN3O2. The van der Waals surface area contributed by atoms with Crippen LogP contribution < -0.4 is 0 Å². The minimum Gasteiger partial charge on any atom is -0.258 e. The summed E-state index contributed by atoms with van der Waals surface area (Å²) < 4.78 is 12.6. The third-order valence-electron chi connectivity index (χ3n) is 2.04. The van der Waals surface area contributed by atoms with E-state index in [1.165, 1.54) is 24.5 Å². The van der Waals surface area contributed by atoms with E-state index in [1.807, 2.05) is 0 Å². The zero-order valence-electron chi connectivity index (χ0n) is 8.00. The van der Waals surface area contributed by atoms with Crippen LogP contribution in [0.2, 0.25) is 0 Å². The minimum atomic E-state index is -0.625. The molecule has 0 saturated carbocycles. The number of rotatable bonds is 2. The minimum absolute atomic E-state index is 0.129. The van der Waals surface area contributed by atoms with Crippen LogP contribution in [0.5, 0.6) is 0 Å². The average molecular weight is 219 g/mol. The fraction of sp³-hybridized carbons (Fsp3) is 0. The van der Waals surface area contributed by atoms with E-state index in [0.717, 1.165) is 12.3 Å². The molecule has 0 saturated heterocycles. The van der Waals surface area contributed by atoms with Crippen molar-refractivity contribution in [2.45, 2.75) is 0 Å². The molecule has 6 heteroatoms. The highest BCUT2D eigenvalue weighted by Crippen LogP contribution is 2.27. The second-order valence-electron chi connectivity index (χ2n) is 3.02. The first-order valence-electron chi connectivity index (χ1n) is 4.39. The van der Waals surface area contributed by atoms with Crippen molar-refractivity contribution >= 4 is 5.69 Å². The number of halogens is 1. The summed E-state index contributed by atoms with van der Waals surface area (Å²) in [6.45, 7) is 0. The van der Waals surface area contributed by atoms with Gasteiger partial charge in [-0.2, -0.15) is 4.39 Å². The fourth-order valence-corrected chi connectivity index (χ4v) is 1.31. The monoisotopic (exact) mass is 219 g/mol. The third kappa shape index (κ3) is 1.85. The maximum absolute atomic E-state index is 12.6. The lowest BCUT2D eigenvalue weighted by Crippen LogP contribution is -1.93. The molecular weight excluding hydrogens is 213 g/mol. The molecule has 0 N–H and O–H groups in total. The molecule has 0 fully saturated rings. The molecule has 80 valence electrons. The van der Waals surface area contributed by atoms with Gasteiger partial charge in [-0.05, 0) is 18.2 Å². The Morgan fingerprint density at radius 2 is 2.06 bits per heavy atom. The first kappa shape index (κ1) is 10.2. The standard InChI is InChI=1S/C10H6FN3O2/c11-10-2-1-7(5-13-10)8-3-4-12-6-9(8)14(15)16/h1-6H. The van der Waals surface area contributed by atoms with Gasteiger partial charge in [0.1, 0.15) is 6.20 Å². The van der Waals surface area contributed by atoms with E-state index in [0.29, 0.717) is 11.1 Å². The van der Waals surface area contributed by atoms with E-state index in [4.69, 9.17) is 0 Å². The number of hydrogen-bond donors (Lipinski definition) is 0. The van der Waals surface area contributed by atoms with E-state index in [2.05, 4.69) is 9.97 Å². The summed E-state index contributed by atoms with van der Waals surface area (Å²) in [5, 5.41) is 10.7. The van der Waals surface area contributed by atoms with Crippen molar-refractivity contribution in [2.24, 2.45) is 0 Å². The van der Waals surface area contributed by atoms with Crippen LogP contribution in [0.4, 0.5) is 10.1 Å². The molecule has 2 aromatic rings. The van der Waals surface area contributed by atoms with Crippen molar-refractivity contribution < 1.29 is 9.31 Å². The predicted molar refractivity (Wildman–Crippen MR) is 54.1 cm³/mol. The quantitative estimate of drug-likeness (QED) is 0.441. The smallest absolute Gasteiger partial charge is 0.258 e. The molecule has 0 aliphatic carbocycles. The summed E-state index contributed by atoms with van der Waals surface area (Å²) in [5.74, 6) is -0.625. The van der Waals surface area contributed by atoms with E-state index < -0.39 is 10.9 Å². The molecule has 0 aliphatic rings. The van der Waals surface area contributed by atoms with Crippen molar-refractivity contribution in [3.05, 3.63) is 52.9 Å². The fourth-order valence-electron chi connectivity index (χ4n) is 1.31. The molecule has 0 aromatic carbocycles. The Kier molecular flexibility index (Phi) is 2.55. The van der Waals surface area contributed by atoms with Gasteiger partial charge in [0.15, 0.2) is 0 Å². The summed E-state index contributed by atoms with van der Waals surface area (Å²) in [4.78, 5) is 17.3. The van der Waals surface area contributed by atoms with Gasteiger partial charge in [0.05, 0.1) is 10.5 Å². The largest absolute Gasteiger partial charge is 0.295 e. The van der Waals surface area contributed by atoms with Gasteiger partial charge in [-0.15, -0.1) is 0 Å². The third-order valence-corrected chi connectivity index (χ3v) is 2.04.